The molecule has 38 heavy (non-hydrogen) atoms. The van der Waals surface area contributed by atoms with Gasteiger partial charge in [0.05, 0.1) is 35.0 Å². The van der Waals surface area contributed by atoms with Crippen LogP contribution in [0.5, 0.6) is 28.7 Å². The fraction of sp³-hybridized carbons (Fsp3) is 0.448. The molecule has 0 unspecified atom stereocenters. The topological polar surface area (TPSA) is 86.8 Å². The number of rotatable bonds is 8. The normalized spacial score (nSPS) is 15.1. The number of methoxy groups -OCH3 is 4. The number of benzene rings is 2. The number of hydrogen-bond acceptors (Lipinski definition) is 7. The van der Waals surface area contributed by atoms with Crippen molar-refractivity contribution >= 4 is 17.9 Å². The highest BCUT2D eigenvalue weighted by atomic mass is 16.5. The standard InChI is InChI=1S/C29H36N2O7/c1-6-38-27-25(36-4)17-22(18-26(27)37-5)29(33)31-12-10-30(11-13-31)28(32)20-9-7-8-19-15-23(34-2)24(35-3)16-21(19)14-20/h14-18H,6-13H2,1-5H3. The lowest BCUT2D eigenvalue weighted by Crippen LogP contribution is -2.50. The summed E-state index contributed by atoms with van der Waals surface area (Å²) in [4.78, 5) is 30.4. The molecule has 9 nitrogen and oxygen atoms in total. The lowest BCUT2D eigenvalue weighted by atomic mass is 10.0. The first-order valence-corrected chi connectivity index (χ1v) is 12.9. The summed E-state index contributed by atoms with van der Waals surface area (Å²) in [6, 6.07) is 7.27. The highest BCUT2D eigenvalue weighted by molar-refractivity contribution is 5.99. The van der Waals surface area contributed by atoms with Gasteiger partial charge in [-0.05, 0) is 67.7 Å². The maximum absolute atomic E-state index is 13.5. The van der Waals surface area contributed by atoms with E-state index < -0.39 is 0 Å². The second kappa shape index (κ2) is 12.1. The Morgan fingerprint density at radius 2 is 1.29 bits per heavy atom. The van der Waals surface area contributed by atoms with Gasteiger partial charge in [-0.15, -0.1) is 0 Å². The first kappa shape index (κ1) is 27.2. The van der Waals surface area contributed by atoms with Crippen molar-refractivity contribution in [2.24, 2.45) is 0 Å². The molecule has 2 aromatic rings. The minimum atomic E-state index is -0.139. The molecule has 0 bridgehead atoms. The third kappa shape index (κ3) is 5.51. The van der Waals surface area contributed by atoms with Gasteiger partial charge in [0.1, 0.15) is 0 Å². The van der Waals surface area contributed by atoms with Gasteiger partial charge in [-0.2, -0.15) is 0 Å². The Hall–Kier alpha value is -3.88. The van der Waals surface area contributed by atoms with Gasteiger partial charge in [-0.1, -0.05) is 0 Å². The summed E-state index contributed by atoms with van der Waals surface area (Å²) in [6.45, 7) is 4.13. The van der Waals surface area contributed by atoms with Gasteiger partial charge >= 0.3 is 0 Å². The number of carbonyl (C=O) groups is 2. The van der Waals surface area contributed by atoms with E-state index >= 15 is 0 Å². The third-order valence-electron chi connectivity index (χ3n) is 6.99. The molecule has 0 atom stereocenters. The number of nitrogens with zero attached hydrogens (tertiary/aromatic N) is 2. The largest absolute Gasteiger partial charge is 0.493 e. The van der Waals surface area contributed by atoms with Crippen LogP contribution >= 0.6 is 0 Å². The van der Waals surface area contributed by atoms with Crippen molar-refractivity contribution in [3.8, 4) is 28.7 Å². The predicted molar refractivity (Wildman–Crippen MR) is 144 cm³/mol. The molecule has 1 saturated heterocycles. The quantitative estimate of drug-likeness (QED) is 0.519. The molecule has 4 rings (SSSR count). The van der Waals surface area contributed by atoms with E-state index in [0.29, 0.717) is 73.5 Å². The molecule has 0 aromatic heterocycles. The van der Waals surface area contributed by atoms with E-state index in [4.69, 9.17) is 23.7 Å². The van der Waals surface area contributed by atoms with Gasteiger partial charge in [-0.3, -0.25) is 9.59 Å². The van der Waals surface area contributed by atoms with Crippen LogP contribution in [0, 0.1) is 0 Å². The number of ether oxygens (including phenoxy) is 5. The third-order valence-corrected chi connectivity index (χ3v) is 6.99. The molecule has 9 heteroatoms. The molecule has 2 aromatic carbocycles. The van der Waals surface area contributed by atoms with E-state index in [2.05, 4.69) is 0 Å². The molecular weight excluding hydrogens is 488 g/mol. The average Bonchev–Trinajstić information content (AvgIpc) is 3.17. The first-order valence-electron chi connectivity index (χ1n) is 12.9. The fourth-order valence-electron chi connectivity index (χ4n) is 4.97. The van der Waals surface area contributed by atoms with E-state index in [1.54, 1.807) is 31.3 Å². The Morgan fingerprint density at radius 3 is 1.84 bits per heavy atom. The molecule has 1 aliphatic heterocycles. The maximum atomic E-state index is 13.5. The van der Waals surface area contributed by atoms with Gasteiger partial charge in [-0.25, -0.2) is 0 Å². The van der Waals surface area contributed by atoms with Crippen LogP contribution in [0.1, 0.15) is 41.3 Å². The monoisotopic (exact) mass is 524 g/mol. The Bertz CT molecular complexity index is 1190. The molecule has 1 heterocycles. The van der Waals surface area contributed by atoms with Crippen LogP contribution in [0.2, 0.25) is 0 Å². The number of carbonyl (C=O) groups excluding carboxylic acids is 2. The van der Waals surface area contributed by atoms with Crippen molar-refractivity contribution in [1.82, 2.24) is 9.80 Å². The average molecular weight is 525 g/mol. The number of fused-ring (bicyclic) bond motifs is 1. The van der Waals surface area contributed by atoms with Gasteiger partial charge in [0, 0.05) is 37.3 Å². The van der Waals surface area contributed by atoms with Crippen molar-refractivity contribution in [3.63, 3.8) is 0 Å². The van der Waals surface area contributed by atoms with Crippen LogP contribution in [0.3, 0.4) is 0 Å². The van der Waals surface area contributed by atoms with Crippen molar-refractivity contribution in [2.45, 2.75) is 26.2 Å². The van der Waals surface area contributed by atoms with Gasteiger partial charge in [0.2, 0.25) is 11.7 Å². The lowest BCUT2D eigenvalue weighted by Gasteiger charge is -2.35. The summed E-state index contributed by atoms with van der Waals surface area (Å²) in [5.74, 6) is 2.57. The van der Waals surface area contributed by atoms with E-state index in [1.165, 1.54) is 14.2 Å². The van der Waals surface area contributed by atoms with Gasteiger partial charge in [0.25, 0.3) is 5.91 Å². The smallest absolute Gasteiger partial charge is 0.254 e. The summed E-state index contributed by atoms with van der Waals surface area (Å²) in [5.41, 5.74) is 3.35. The summed E-state index contributed by atoms with van der Waals surface area (Å²) in [6.07, 6.45) is 4.41. The SMILES string of the molecule is CCOc1c(OC)cc(C(=O)N2CCN(C(=O)C3=Cc4cc(OC)c(OC)cc4CCC3)CC2)cc1OC. The maximum Gasteiger partial charge on any atom is 0.254 e. The molecule has 0 N–H and O–H groups in total. The zero-order chi connectivity index (χ0) is 27.2. The highest BCUT2D eigenvalue weighted by Crippen LogP contribution is 2.39. The molecule has 1 aliphatic carbocycles. The Balaban J connectivity index is 1.46. The Kier molecular flexibility index (Phi) is 8.66. The summed E-state index contributed by atoms with van der Waals surface area (Å²) >= 11 is 0. The van der Waals surface area contributed by atoms with Crippen LogP contribution in [0.4, 0.5) is 0 Å². The van der Waals surface area contributed by atoms with Crippen LogP contribution < -0.4 is 23.7 Å². The van der Waals surface area contributed by atoms with Gasteiger partial charge < -0.3 is 33.5 Å². The molecule has 0 radical (unpaired) electrons. The molecule has 0 spiro atoms. The molecule has 2 aliphatic rings. The summed E-state index contributed by atoms with van der Waals surface area (Å²) in [5, 5.41) is 0. The summed E-state index contributed by atoms with van der Waals surface area (Å²) in [7, 11) is 6.29. The van der Waals surface area contributed by atoms with Crippen molar-refractivity contribution in [2.75, 3.05) is 61.2 Å². The molecule has 2 amide bonds. The van der Waals surface area contributed by atoms with Crippen LogP contribution in [-0.2, 0) is 11.2 Å². The lowest BCUT2D eigenvalue weighted by molar-refractivity contribution is -0.128. The minimum Gasteiger partial charge on any atom is -0.493 e. The van der Waals surface area contributed by atoms with E-state index in [-0.39, 0.29) is 11.8 Å². The molecule has 0 saturated carbocycles. The zero-order valence-electron chi connectivity index (χ0n) is 22.8. The number of hydrogen-bond donors (Lipinski definition) is 0. The Labute approximate surface area is 223 Å². The van der Waals surface area contributed by atoms with Crippen LogP contribution in [0.15, 0.2) is 29.8 Å². The zero-order valence-corrected chi connectivity index (χ0v) is 22.8. The first-order chi connectivity index (χ1) is 18.4. The second-order valence-corrected chi connectivity index (χ2v) is 9.16. The highest BCUT2D eigenvalue weighted by Gasteiger charge is 2.28. The predicted octanol–water partition coefficient (Wildman–Crippen LogP) is 3.82. The van der Waals surface area contributed by atoms with Gasteiger partial charge in [0.15, 0.2) is 23.0 Å². The van der Waals surface area contributed by atoms with E-state index in [0.717, 1.165) is 29.5 Å². The molecular formula is C29H36N2O7. The Morgan fingerprint density at radius 1 is 0.737 bits per heavy atom. The van der Waals surface area contributed by atoms with Crippen molar-refractivity contribution < 1.29 is 33.3 Å². The fourth-order valence-corrected chi connectivity index (χ4v) is 4.97. The van der Waals surface area contributed by atoms with Crippen LogP contribution in [0.25, 0.3) is 6.08 Å². The summed E-state index contributed by atoms with van der Waals surface area (Å²) < 4.78 is 27.4. The van der Waals surface area contributed by atoms with Crippen molar-refractivity contribution in [3.05, 3.63) is 46.5 Å². The number of aryl methyl sites for hydroxylation is 1. The number of piperazine rings is 1. The van der Waals surface area contributed by atoms with E-state index in [9.17, 15) is 9.59 Å². The van der Waals surface area contributed by atoms with Crippen molar-refractivity contribution in [1.29, 1.82) is 0 Å². The van der Waals surface area contributed by atoms with E-state index in [1.807, 2.05) is 30.0 Å². The second-order valence-electron chi connectivity index (χ2n) is 9.16. The molecule has 1 fully saturated rings. The minimum absolute atomic E-state index is 0.0177. The molecule has 204 valence electrons. The van der Waals surface area contributed by atoms with Crippen LogP contribution in [-0.4, -0.2) is 82.8 Å². The number of amides is 2.